The summed E-state index contributed by atoms with van der Waals surface area (Å²) < 4.78 is 16.8. The first-order valence-electron chi connectivity index (χ1n) is 13.3. The number of anilines is 1. The number of aliphatic hydroxyl groups excluding tert-OH is 1. The molecule has 212 valence electrons. The fraction of sp³-hybridized carbons (Fsp3) is 0.290. The molecular weight excluding hydrogens is 544 g/mol. The number of amides is 1. The van der Waals surface area contributed by atoms with E-state index in [-0.39, 0.29) is 34.1 Å². The van der Waals surface area contributed by atoms with Crippen LogP contribution in [0.4, 0.5) is 5.13 Å². The lowest BCUT2D eigenvalue weighted by Gasteiger charge is -2.23. The molecule has 5 rings (SSSR count). The van der Waals surface area contributed by atoms with E-state index < -0.39 is 23.7 Å². The van der Waals surface area contributed by atoms with Crippen LogP contribution in [0.1, 0.15) is 58.4 Å². The molecule has 0 saturated carbocycles. The van der Waals surface area contributed by atoms with Crippen LogP contribution >= 0.6 is 11.3 Å². The molecule has 3 aromatic rings. The zero-order valence-electron chi connectivity index (χ0n) is 23.0. The smallest absolute Gasteiger partial charge is 0.350 e. The number of hydrogen-bond donors (Lipinski definition) is 1. The van der Waals surface area contributed by atoms with Gasteiger partial charge in [-0.15, -0.1) is 0 Å². The molecule has 9 nitrogen and oxygen atoms in total. The number of ketones is 1. The minimum absolute atomic E-state index is 0.000606. The number of nitrogens with zero attached hydrogens (tertiary/aromatic N) is 2. The number of carbonyl (C=O) groups is 3. The van der Waals surface area contributed by atoms with Crippen LogP contribution in [0.3, 0.4) is 0 Å². The third kappa shape index (κ3) is 5.35. The third-order valence-corrected chi connectivity index (χ3v) is 7.91. The fourth-order valence-electron chi connectivity index (χ4n) is 4.94. The summed E-state index contributed by atoms with van der Waals surface area (Å²) >= 11 is 0.945. The van der Waals surface area contributed by atoms with Crippen molar-refractivity contribution in [2.45, 2.75) is 45.8 Å². The highest BCUT2D eigenvalue weighted by Crippen LogP contribution is 2.45. The lowest BCUT2D eigenvalue weighted by Crippen LogP contribution is -2.29. The van der Waals surface area contributed by atoms with Crippen LogP contribution in [0.15, 0.2) is 60.7 Å². The van der Waals surface area contributed by atoms with Crippen molar-refractivity contribution in [1.29, 1.82) is 0 Å². The van der Waals surface area contributed by atoms with Gasteiger partial charge in [0.25, 0.3) is 5.78 Å². The Labute approximate surface area is 241 Å². The number of benzene rings is 2. The minimum Gasteiger partial charge on any atom is -0.507 e. The molecule has 1 aromatic heterocycles. The van der Waals surface area contributed by atoms with Gasteiger partial charge in [-0.05, 0) is 61.7 Å². The highest BCUT2D eigenvalue weighted by molar-refractivity contribution is 7.17. The van der Waals surface area contributed by atoms with Crippen LogP contribution < -0.4 is 14.4 Å². The average Bonchev–Trinajstić information content (AvgIpc) is 3.61. The molecule has 41 heavy (non-hydrogen) atoms. The Morgan fingerprint density at radius 2 is 2.07 bits per heavy atom. The second-order valence-electron chi connectivity index (χ2n) is 9.84. The molecule has 2 atom stereocenters. The highest BCUT2D eigenvalue weighted by Gasteiger charge is 2.48. The van der Waals surface area contributed by atoms with Crippen molar-refractivity contribution in [1.82, 2.24) is 4.98 Å². The van der Waals surface area contributed by atoms with E-state index in [9.17, 15) is 19.5 Å². The van der Waals surface area contributed by atoms with Crippen LogP contribution in [0.5, 0.6) is 11.5 Å². The molecule has 0 spiro atoms. The van der Waals surface area contributed by atoms with Gasteiger partial charge in [0.15, 0.2) is 5.13 Å². The summed E-state index contributed by atoms with van der Waals surface area (Å²) in [7, 11) is 0. The molecule has 3 heterocycles. The molecule has 2 aromatic carbocycles. The molecule has 0 radical (unpaired) electrons. The Kier molecular flexibility index (Phi) is 7.94. The van der Waals surface area contributed by atoms with Crippen molar-refractivity contribution in [3.63, 3.8) is 0 Å². The summed E-state index contributed by atoms with van der Waals surface area (Å²) in [6.45, 7) is 9.63. The second-order valence-corrected chi connectivity index (χ2v) is 10.8. The quantitative estimate of drug-likeness (QED) is 0.117. The van der Waals surface area contributed by atoms with Crippen molar-refractivity contribution in [3.05, 3.63) is 88.0 Å². The van der Waals surface area contributed by atoms with E-state index in [1.807, 2.05) is 13.8 Å². The van der Waals surface area contributed by atoms with Crippen LogP contribution in [0.2, 0.25) is 0 Å². The number of thiazole rings is 1. The van der Waals surface area contributed by atoms with E-state index in [1.165, 1.54) is 11.0 Å². The van der Waals surface area contributed by atoms with Crippen molar-refractivity contribution in [2.24, 2.45) is 0 Å². The van der Waals surface area contributed by atoms with Gasteiger partial charge < -0.3 is 19.3 Å². The van der Waals surface area contributed by atoms with Crippen molar-refractivity contribution < 1.29 is 33.7 Å². The molecule has 1 saturated heterocycles. The summed E-state index contributed by atoms with van der Waals surface area (Å²) in [5.74, 6) is -1.36. The predicted octanol–water partition coefficient (Wildman–Crippen LogP) is 5.53. The summed E-state index contributed by atoms with van der Waals surface area (Å²) in [5, 5.41) is 11.7. The molecule has 1 N–H and O–H groups in total. The second kappa shape index (κ2) is 11.6. The number of carbonyl (C=O) groups excluding carboxylic acids is 3. The van der Waals surface area contributed by atoms with Gasteiger partial charge in [0.2, 0.25) is 0 Å². The van der Waals surface area contributed by atoms with E-state index >= 15 is 0 Å². The Morgan fingerprint density at radius 1 is 1.27 bits per heavy atom. The number of rotatable bonds is 9. The van der Waals surface area contributed by atoms with Gasteiger partial charge in [-0.25, -0.2) is 9.78 Å². The maximum atomic E-state index is 13.6. The van der Waals surface area contributed by atoms with Gasteiger partial charge in [-0.1, -0.05) is 43.0 Å². The largest absolute Gasteiger partial charge is 0.507 e. The standard InChI is InChI=1S/C31H30N2O7S/c1-5-12-38-22-9-7-8-19(16-22)25-24(26(34)20-10-11-23-21(15-20)14-17(3)40-23)27(35)29(36)33(25)31-32-18(4)28(41-31)30(37)39-13-6-2/h6-11,15-17,25,34H,2,5,12-14H2,1,3-4H3/t17-,25+/m0/s1. The monoisotopic (exact) mass is 574 g/mol. The van der Waals surface area contributed by atoms with E-state index in [0.717, 1.165) is 29.1 Å². The molecule has 0 bridgehead atoms. The van der Waals surface area contributed by atoms with Crippen LogP contribution in [0.25, 0.3) is 5.76 Å². The molecule has 0 unspecified atom stereocenters. The SMILES string of the molecule is C=CCOC(=O)c1sc(N2C(=O)C(=O)C(=C(O)c3ccc4c(c3)C[C@H](C)O4)[C@H]2c2cccc(OCCC)c2)nc1C. The van der Waals surface area contributed by atoms with Gasteiger partial charge in [0.1, 0.15) is 34.8 Å². The highest BCUT2D eigenvalue weighted by atomic mass is 32.1. The maximum Gasteiger partial charge on any atom is 0.350 e. The first kappa shape index (κ1) is 28.1. The van der Waals surface area contributed by atoms with Gasteiger partial charge in [-0.2, -0.15) is 0 Å². The van der Waals surface area contributed by atoms with Crippen molar-refractivity contribution in [2.75, 3.05) is 18.1 Å². The number of aromatic nitrogens is 1. The first-order chi connectivity index (χ1) is 19.7. The van der Waals surface area contributed by atoms with Gasteiger partial charge in [0, 0.05) is 12.0 Å². The van der Waals surface area contributed by atoms with Crippen LogP contribution in [0, 0.1) is 6.92 Å². The van der Waals surface area contributed by atoms with Crippen LogP contribution in [-0.4, -0.2) is 47.1 Å². The molecule has 10 heteroatoms. The number of hydrogen-bond acceptors (Lipinski definition) is 9. The average molecular weight is 575 g/mol. The molecule has 0 aliphatic carbocycles. The number of esters is 1. The summed E-state index contributed by atoms with van der Waals surface area (Å²) in [6, 6.07) is 11.2. The summed E-state index contributed by atoms with van der Waals surface area (Å²) in [5.41, 5.74) is 2.11. The third-order valence-electron chi connectivity index (χ3n) is 6.77. The maximum absolute atomic E-state index is 13.6. The van der Waals surface area contributed by atoms with E-state index in [1.54, 1.807) is 49.4 Å². The zero-order valence-corrected chi connectivity index (χ0v) is 23.8. The minimum atomic E-state index is -1.02. The normalized spacial score (nSPS) is 19.1. The van der Waals surface area contributed by atoms with E-state index in [4.69, 9.17) is 14.2 Å². The predicted molar refractivity (Wildman–Crippen MR) is 155 cm³/mol. The number of fused-ring (bicyclic) bond motifs is 1. The zero-order chi connectivity index (χ0) is 29.3. The summed E-state index contributed by atoms with van der Waals surface area (Å²) in [6.07, 6.45) is 2.91. The van der Waals surface area contributed by atoms with Gasteiger partial charge in [-0.3, -0.25) is 14.5 Å². The molecule has 1 fully saturated rings. The Bertz CT molecular complexity index is 1570. The topological polar surface area (TPSA) is 115 Å². The molecular formula is C31H30N2O7S. The number of aliphatic hydroxyl groups is 1. The van der Waals surface area contributed by atoms with E-state index in [2.05, 4.69) is 11.6 Å². The first-order valence-corrected chi connectivity index (χ1v) is 14.1. The molecule has 2 aliphatic heterocycles. The lowest BCUT2D eigenvalue weighted by molar-refractivity contribution is -0.132. The van der Waals surface area contributed by atoms with Crippen molar-refractivity contribution >= 4 is 39.9 Å². The van der Waals surface area contributed by atoms with Gasteiger partial charge >= 0.3 is 11.9 Å². The Hall–Kier alpha value is -4.44. The molecule has 2 aliphatic rings. The number of Topliss-reactive ketones (excluding diaryl/α,β-unsaturated/α-hetero) is 1. The number of ether oxygens (including phenoxy) is 3. The summed E-state index contributed by atoms with van der Waals surface area (Å²) in [4.78, 5) is 45.7. The molecule has 1 amide bonds. The van der Waals surface area contributed by atoms with Crippen molar-refractivity contribution in [3.8, 4) is 11.5 Å². The number of aryl methyl sites for hydroxylation is 1. The van der Waals surface area contributed by atoms with Gasteiger partial charge in [0.05, 0.1) is 23.9 Å². The lowest BCUT2D eigenvalue weighted by atomic mass is 9.94. The fourth-order valence-corrected chi connectivity index (χ4v) is 5.93. The van der Waals surface area contributed by atoms with E-state index in [0.29, 0.717) is 35.6 Å². The Morgan fingerprint density at radius 3 is 2.83 bits per heavy atom. The van der Waals surface area contributed by atoms with Crippen LogP contribution in [-0.2, 0) is 20.7 Å². The Balaban J connectivity index is 1.65.